The zero-order valence-electron chi connectivity index (χ0n) is 12.7. The van der Waals surface area contributed by atoms with E-state index in [0.717, 1.165) is 23.0 Å². The molecule has 108 valence electrons. The molecule has 0 bridgehead atoms. The largest absolute Gasteiger partial charge is 0.373 e. The normalized spacial score (nSPS) is 11.4. The van der Waals surface area contributed by atoms with E-state index >= 15 is 0 Å². The van der Waals surface area contributed by atoms with Crippen LogP contribution in [-0.2, 0) is 19.0 Å². The Balaban J connectivity index is 2.18. The van der Waals surface area contributed by atoms with Crippen LogP contribution in [0.2, 0.25) is 0 Å². The van der Waals surface area contributed by atoms with E-state index in [4.69, 9.17) is 0 Å². The molecule has 2 N–H and O–H groups in total. The molecular formula is C14H22N6. The van der Waals surface area contributed by atoms with Gasteiger partial charge < -0.3 is 10.6 Å². The van der Waals surface area contributed by atoms with Crippen molar-refractivity contribution in [2.45, 2.75) is 32.7 Å². The number of hydrogen-bond donors (Lipinski definition) is 2. The average Bonchev–Trinajstić information content (AvgIpc) is 2.81. The van der Waals surface area contributed by atoms with Gasteiger partial charge in [-0.25, -0.2) is 9.97 Å². The number of hydrogen-bond acceptors (Lipinski definition) is 5. The van der Waals surface area contributed by atoms with Gasteiger partial charge in [-0.15, -0.1) is 0 Å². The second-order valence-electron chi connectivity index (χ2n) is 5.84. The molecule has 2 rings (SSSR count). The van der Waals surface area contributed by atoms with Gasteiger partial charge in [-0.2, -0.15) is 5.10 Å². The van der Waals surface area contributed by atoms with Gasteiger partial charge in [0.05, 0.1) is 6.20 Å². The molecule has 2 aromatic heterocycles. The summed E-state index contributed by atoms with van der Waals surface area (Å²) in [7, 11) is 3.77. The SMILES string of the molecule is CNc1cc(NCc2cnn(C)c2)nc(C(C)(C)C)n1. The van der Waals surface area contributed by atoms with Gasteiger partial charge in [-0.1, -0.05) is 20.8 Å². The first-order chi connectivity index (χ1) is 9.38. The molecule has 0 aromatic carbocycles. The van der Waals surface area contributed by atoms with Crippen molar-refractivity contribution in [1.82, 2.24) is 19.7 Å². The van der Waals surface area contributed by atoms with Crippen LogP contribution in [0.1, 0.15) is 32.2 Å². The maximum absolute atomic E-state index is 4.59. The number of aromatic nitrogens is 4. The topological polar surface area (TPSA) is 67.7 Å². The van der Waals surface area contributed by atoms with Crippen molar-refractivity contribution in [2.75, 3.05) is 17.7 Å². The molecule has 20 heavy (non-hydrogen) atoms. The first kappa shape index (κ1) is 14.3. The molecule has 0 atom stereocenters. The number of nitrogens with one attached hydrogen (secondary N) is 2. The first-order valence-electron chi connectivity index (χ1n) is 6.67. The van der Waals surface area contributed by atoms with Gasteiger partial charge >= 0.3 is 0 Å². The minimum absolute atomic E-state index is 0.0857. The Morgan fingerprint density at radius 2 is 1.90 bits per heavy atom. The van der Waals surface area contributed by atoms with Crippen molar-refractivity contribution in [3.8, 4) is 0 Å². The van der Waals surface area contributed by atoms with Gasteiger partial charge in [-0.3, -0.25) is 4.68 Å². The predicted molar refractivity (Wildman–Crippen MR) is 80.8 cm³/mol. The van der Waals surface area contributed by atoms with Crippen LogP contribution in [0.25, 0.3) is 0 Å². The van der Waals surface area contributed by atoms with Gasteiger partial charge in [-0.05, 0) is 0 Å². The first-order valence-corrected chi connectivity index (χ1v) is 6.67. The van der Waals surface area contributed by atoms with Crippen LogP contribution < -0.4 is 10.6 Å². The summed E-state index contributed by atoms with van der Waals surface area (Å²) in [6.45, 7) is 7.00. The number of nitrogens with zero attached hydrogens (tertiary/aromatic N) is 4. The summed E-state index contributed by atoms with van der Waals surface area (Å²) in [6.07, 6.45) is 3.83. The summed E-state index contributed by atoms with van der Waals surface area (Å²) >= 11 is 0. The molecular weight excluding hydrogens is 252 g/mol. The lowest BCUT2D eigenvalue weighted by Gasteiger charge is -2.18. The summed E-state index contributed by atoms with van der Waals surface area (Å²) in [5, 5.41) is 10.5. The van der Waals surface area contributed by atoms with Crippen LogP contribution in [0, 0.1) is 0 Å². The van der Waals surface area contributed by atoms with Crippen LogP contribution >= 0.6 is 0 Å². The van der Waals surface area contributed by atoms with Gasteiger partial charge in [0, 0.05) is 43.9 Å². The van der Waals surface area contributed by atoms with Crippen LogP contribution in [0.4, 0.5) is 11.6 Å². The fourth-order valence-corrected chi connectivity index (χ4v) is 1.76. The summed E-state index contributed by atoms with van der Waals surface area (Å²) in [6, 6.07) is 1.91. The third-order valence-corrected chi connectivity index (χ3v) is 2.89. The highest BCUT2D eigenvalue weighted by atomic mass is 15.2. The molecule has 2 heterocycles. The fraction of sp³-hybridized carbons (Fsp3) is 0.500. The zero-order chi connectivity index (χ0) is 14.8. The summed E-state index contributed by atoms with van der Waals surface area (Å²) in [4.78, 5) is 9.09. The highest BCUT2D eigenvalue weighted by Gasteiger charge is 2.18. The second-order valence-corrected chi connectivity index (χ2v) is 5.84. The molecule has 0 aliphatic rings. The summed E-state index contributed by atoms with van der Waals surface area (Å²) in [5.74, 6) is 2.45. The minimum atomic E-state index is -0.0857. The van der Waals surface area contributed by atoms with Gasteiger partial charge in [0.1, 0.15) is 17.5 Å². The molecule has 0 aliphatic heterocycles. The van der Waals surface area contributed by atoms with Gasteiger partial charge in [0.25, 0.3) is 0 Å². The number of anilines is 2. The maximum atomic E-state index is 4.59. The summed E-state index contributed by atoms with van der Waals surface area (Å²) in [5.41, 5.74) is 1.03. The van der Waals surface area contributed by atoms with E-state index in [0.29, 0.717) is 6.54 Å². The Hall–Kier alpha value is -2.11. The molecule has 0 aliphatic carbocycles. The zero-order valence-corrected chi connectivity index (χ0v) is 12.7. The van der Waals surface area contributed by atoms with Crippen LogP contribution in [0.5, 0.6) is 0 Å². The number of rotatable bonds is 4. The lowest BCUT2D eigenvalue weighted by atomic mass is 9.96. The molecule has 2 aromatic rings. The molecule has 0 saturated carbocycles. The van der Waals surface area contributed by atoms with Crippen LogP contribution in [0.15, 0.2) is 18.5 Å². The molecule has 0 radical (unpaired) electrons. The molecule has 0 fully saturated rings. The van der Waals surface area contributed by atoms with Crippen LogP contribution in [0.3, 0.4) is 0 Å². The molecule has 0 saturated heterocycles. The van der Waals surface area contributed by atoms with Crippen molar-refractivity contribution < 1.29 is 0 Å². The Morgan fingerprint density at radius 1 is 1.20 bits per heavy atom. The smallest absolute Gasteiger partial charge is 0.138 e. The van der Waals surface area contributed by atoms with E-state index in [1.165, 1.54) is 0 Å². The van der Waals surface area contributed by atoms with Crippen molar-refractivity contribution in [3.63, 3.8) is 0 Å². The van der Waals surface area contributed by atoms with E-state index in [2.05, 4.69) is 46.5 Å². The number of aryl methyl sites for hydroxylation is 1. The van der Waals surface area contributed by atoms with E-state index in [1.54, 1.807) is 4.68 Å². The molecule has 0 unspecified atom stereocenters. The maximum Gasteiger partial charge on any atom is 0.138 e. The van der Waals surface area contributed by atoms with Crippen molar-refractivity contribution in [2.24, 2.45) is 7.05 Å². The summed E-state index contributed by atoms with van der Waals surface area (Å²) < 4.78 is 1.79. The molecule has 6 heteroatoms. The van der Waals surface area contributed by atoms with E-state index in [-0.39, 0.29) is 5.41 Å². The molecule has 0 amide bonds. The van der Waals surface area contributed by atoms with Crippen molar-refractivity contribution in [3.05, 3.63) is 29.8 Å². The van der Waals surface area contributed by atoms with Gasteiger partial charge in [0.2, 0.25) is 0 Å². The predicted octanol–water partition coefficient (Wildman–Crippen LogP) is 2.16. The highest BCUT2D eigenvalue weighted by Crippen LogP contribution is 2.22. The minimum Gasteiger partial charge on any atom is -0.373 e. The Labute approximate surface area is 119 Å². The fourth-order valence-electron chi connectivity index (χ4n) is 1.76. The third-order valence-electron chi connectivity index (χ3n) is 2.89. The highest BCUT2D eigenvalue weighted by molar-refractivity contribution is 5.48. The third kappa shape index (κ3) is 3.46. The Bertz CT molecular complexity index is 582. The Kier molecular flexibility index (Phi) is 3.92. The monoisotopic (exact) mass is 274 g/mol. The standard InChI is InChI=1S/C14H22N6/c1-14(2,3)13-18-11(15-4)6-12(19-13)16-7-10-8-17-20(5)9-10/h6,8-9H,7H2,1-5H3,(H2,15,16,18,19). The lowest BCUT2D eigenvalue weighted by molar-refractivity contribution is 0.546. The quantitative estimate of drug-likeness (QED) is 0.894. The van der Waals surface area contributed by atoms with Crippen LogP contribution in [-0.4, -0.2) is 26.8 Å². The van der Waals surface area contributed by atoms with E-state index in [9.17, 15) is 0 Å². The molecule has 6 nitrogen and oxygen atoms in total. The second kappa shape index (κ2) is 5.48. The van der Waals surface area contributed by atoms with E-state index < -0.39 is 0 Å². The van der Waals surface area contributed by atoms with Crippen molar-refractivity contribution in [1.29, 1.82) is 0 Å². The molecule has 0 spiro atoms. The Morgan fingerprint density at radius 3 is 2.45 bits per heavy atom. The lowest BCUT2D eigenvalue weighted by Crippen LogP contribution is -2.18. The van der Waals surface area contributed by atoms with Gasteiger partial charge in [0.15, 0.2) is 0 Å². The van der Waals surface area contributed by atoms with Crippen molar-refractivity contribution >= 4 is 11.6 Å². The van der Waals surface area contributed by atoms with E-state index in [1.807, 2.05) is 32.6 Å². The average molecular weight is 274 g/mol.